The van der Waals surface area contributed by atoms with Crippen molar-refractivity contribution in [2.75, 3.05) is 24.6 Å². The predicted molar refractivity (Wildman–Crippen MR) is 79.9 cm³/mol. The Morgan fingerprint density at radius 1 is 1.06 bits per heavy atom. The molecule has 2 heteroatoms. The van der Waals surface area contributed by atoms with Gasteiger partial charge in [0, 0.05) is 6.54 Å². The molecule has 2 saturated heterocycles. The average molecular weight is 261 g/mol. The van der Waals surface area contributed by atoms with Crippen LogP contribution < -0.4 is 0 Å². The summed E-state index contributed by atoms with van der Waals surface area (Å²) in [6, 6.07) is 10.9. The van der Waals surface area contributed by atoms with Gasteiger partial charge in [-0.15, -0.1) is 0 Å². The van der Waals surface area contributed by atoms with Crippen molar-refractivity contribution in [3.63, 3.8) is 0 Å². The first kappa shape index (κ1) is 12.6. The molecule has 3 rings (SSSR count). The molecule has 0 aromatic heterocycles. The van der Waals surface area contributed by atoms with Crippen molar-refractivity contribution in [1.29, 1.82) is 0 Å². The standard InChI is InChI=1S/C16H23NS/c1-2-5-15(6-3-1)13-17-10-8-16(9-11-17)7-4-12-18-14-16/h1-3,5-6H,4,7-14H2. The maximum absolute atomic E-state index is 2.64. The summed E-state index contributed by atoms with van der Waals surface area (Å²) < 4.78 is 0. The molecule has 1 aromatic carbocycles. The highest BCUT2D eigenvalue weighted by Crippen LogP contribution is 2.42. The lowest BCUT2D eigenvalue weighted by atomic mass is 9.76. The molecule has 0 saturated carbocycles. The molecule has 0 radical (unpaired) electrons. The lowest BCUT2D eigenvalue weighted by Gasteiger charge is -2.44. The van der Waals surface area contributed by atoms with Crippen molar-refractivity contribution in [2.24, 2.45) is 5.41 Å². The van der Waals surface area contributed by atoms with Crippen LogP contribution >= 0.6 is 11.8 Å². The number of nitrogens with zero attached hydrogens (tertiary/aromatic N) is 1. The van der Waals surface area contributed by atoms with Crippen molar-refractivity contribution in [3.8, 4) is 0 Å². The molecule has 0 unspecified atom stereocenters. The molecule has 0 N–H and O–H groups in total. The van der Waals surface area contributed by atoms with Crippen LogP contribution in [0.3, 0.4) is 0 Å². The Bertz CT molecular complexity index is 360. The van der Waals surface area contributed by atoms with Gasteiger partial charge < -0.3 is 0 Å². The molecule has 1 aromatic rings. The van der Waals surface area contributed by atoms with Crippen molar-refractivity contribution < 1.29 is 0 Å². The van der Waals surface area contributed by atoms with Crippen molar-refractivity contribution in [1.82, 2.24) is 4.90 Å². The summed E-state index contributed by atoms with van der Waals surface area (Å²) in [6.45, 7) is 3.75. The highest BCUT2D eigenvalue weighted by Gasteiger charge is 2.35. The summed E-state index contributed by atoms with van der Waals surface area (Å²) in [6.07, 6.45) is 5.78. The Morgan fingerprint density at radius 2 is 1.83 bits per heavy atom. The molecule has 2 fully saturated rings. The second-order valence-corrected chi connectivity index (χ2v) is 7.02. The van der Waals surface area contributed by atoms with Crippen LogP contribution in [0, 0.1) is 5.41 Å². The molecule has 2 heterocycles. The minimum atomic E-state index is 0.704. The fourth-order valence-electron chi connectivity index (χ4n) is 3.33. The number of hydrogen-bond donors (Lipinski definition) is 0. The third-order valence-corrected chi connectivity index (χ3v) is 5.96. The van der Waals surface area contributed by atoms with Gasteiger partial charge in [-0.3, -0.25) is 4.90 Å². The summed E-state index contributed by atoms with van der Waals surface area (Å²) in [7, 11) is 0. The van der Waals surface area contributed by atoms with Crippen LogP contribution in [0.2, 0.25) is 0 Å². The van der Waals surface area contributed by atoms with E-state index in [0.717, 1.165) is 6.54 Å². The largest absolute Gasteiger partial charge is 0.299 e. The van der Waals surface area contributed by atoms with Gasteiger partial charge in [0.1, 0.15) is 0 Å². The van der Waals surface area contributed by atoms with Gasteiger partial charge >= 0.3 is 0 Å². The van der Waals surface area contributed by atoms with Crippen molar-refractivity contribution >= 4 is 11.8 Å². The Morgan fingerprint density at radius 3 is 2.50 bits per heavy atom. The Labute approximate surface area is 115 Å². The van der Waals surface area contributed by atoms with E-state index in [9.17, 15) is 0 Å². The molecule has 0 amide bonds. The fourth-order valence-corrected chi connectivity index (χ4v) is 4.69. The molecule has 2 aliphatic rings. The van der Waals surface area contributed by atoms with Gasteiger partial charge in [0.2, 0.25) is 0 Å². The Hall–Kier alpha value is -0.470. The molecule has 0 atom stereocenters. The monoisotopic (exact) mass is 261 g/mol. The smallest absolute Gasteiger partial charge is 0.0233 e. The molecule has 98 valence electrons. The van der Waals surface area contributed by atoms with E-state index in [1.165, 1.54) is 55.8 Å². The third kappa shape index (κ3) is 2.92. The minimum Gasteiger partial charge on any atom is -0.299 e. The number of likely N-dealkylation sites (tertiary alicyclic amines) is 1. The zero-order chi connectivity index (χ0) is 12.3. The topological polar surface area (TPSA) is 3.24 Å². The third-order valence-electron chi connectivity index (χ3n) is 4.57. The van der Waals surface area contributed by atoms with Gasteiger partial charge in [0.15, 0.2) is 0 Å². The molecule has 0 aliphatic carbocycles. The summed E-state index contributed by atoms with van der Waals surface area (Å²) >= 11 is 2.19. The van der Waals surface area contributed by atoms with Crippen LogP contribution in [0.5, 0.6) is 0 Å². The SMILES string of the molecule is c1ccc(CN2CCC3(CCCSC3)CC2)cc1. The zero-order valence-electron chi connectivity index (χ0n) is 11.1. The van der Waals surface area contributed by atoms with E-state index in [0.29, 0.717) is 5.41 Å². The molecule has 1 spiro atoms. The molecular weight excluding hydrogens is 238 g/mol. The molecule has 2 aliphatic heterocycles. The normalized spacial score (nSPS) is 24.2. The molecule has 18 heavy (non-hydrogen) atoms. The van der Waals surface area contributed by atoms with Gasteiger partial charge in [-0.25, -0.2) is 0 Å². The van der Waals surface area contributed by atoms with E-state index in [1.54, 1.807) is 0 Å². The average Bonchev–Trinajstić information content (AvgIpc) is 2.44. The highest BCUT2D eigenvalue weighted by atomic mass is 32.2. The molecular formula is C16H23NS. The maximum Gasteiger partial charge on any atom is 0.0233 e. The van der Waals surface area contributed by atoms with Gasteiger partial charge in [-0.2, -0.15) is 11.8 Å². The maximum atomic E-state index is 2.64. The second-order valence-electron chi connectivity index (χ2n) is 5.92. The van der Waals surface area contributed by atoms with Crippen LogP contribution in [0.1, 0.15) is 31.2 Å². The van der Waals surface area contributed by atoms with Gasteiger partial charge in [0.25, 0.3) is 0 Å². The second kappa shape index (κ2) is 5.66. The minimum absolute atomic E-state index is 0.704. The summed E-state index contributed by atoms with van der Waals surface area (Å²) in [4.78, 5) is 2.64. The number of rotatable bonds is 2. The fraction of sp³-hybridized carbons (Fsp3) is 0.625. The summed E-state index contributed by atoms with van der Waals surface area (Å²) in [5, 5.41) is 0. The Balaban J connectivity index is 1.54. The number of thioether (sulfide) groups is 1. The number of piperidine rings is 1. The van der Waals surface area contributed by atoms with Crippen LogP contribution in [0.15, 0.2) is 30.3 Å². The van der Waals surface area contributed by atoms with E-state index in [1.807, 2.05) is 0 Å². The molecule has 1 nitrogen and oxygen atoms in total. The molecule has 0 bridgehead atoms. The highest BCUT2D eigenvalue weighted by molar-refractivity contribution is 7.99. The van der Waals surface area contributed by atoms with Crippen LogP contribution in [-0.4, -0.2) is 29.5 Å². The quantitative estimate of drug-likeness (QED) is 0.797. The van der Waals surface area contributed by atoms with E-state index in [2.05, 4.69) is 47.0 Å². The van der Waals surface area contributed by atoms with Crippen molar-refractivity contribution in [3.05, 3.63) is 35.9 Å². The van der Waals surface area contributed by atoms with Gasteiger partial charge in [-0.05, 0) is 61.3 Å². The number of hydrogen-bond acceptors (Lipinski definition) is 2. The van der Waals surface area contributed by atoms with Crippen LogP contribution in [-0.2, 0) is 6.54 Å². The van der Waals surface area contributed by atoms with Crippen LogP contribution in [0.4, 0.5) is 0 Å². The van der Waals surface area contributed by atoms with Gasteiger partial charge in [-0.1, -0.05) is 30.3 Å². The van der Waals surface area contributed by atoms with E-state index < -0.39 is 0 Å². The lowest BCUT2D eigenvalue weighted by molar-refractivity contribution is 0.106. The van der Waals surface area contributed by atoms with Crippen LogP contribution in [0.25, 0.3) is 0 Å². The first-order chi connectivity index (χ1) is 8.86. The Kier molecular flexibility index (Phi) is 3.95. The first-order valence-corrected chi connectivity index (χ1v) is 8.36. The van der Waals surface area contributed by atoms with E-state index >= 15 is 0 Å². The lowest BCUT2D eigenvalue weighted by Crippen LogP contribution is -2.42. The van der Waals surface area contributed by atoms with Gasteiger partial charge in [0.05, 0.1) is 0 Å². The first-order valence-electron chi connectivity index (χ1n) is 7.20. The van der Waals surface area contributed by atoms with E-state index in [4.69, 9.17) is 0 Å². The predicted octanol–water partition coefficient (Wildman–Crippen LogP) is 3.80. The number of benzene rings is 1. The summed E-state index contributed by atoms with van der Waals surface area (Å²) in [5.74, 6) is 2.82. The van der Waals surface area contributed by atoms with Crippen molar-refractivity contribution in [2.45, 2.75) is 32.2 Å². The summed E-state index contributed by atoms with van der Waals surface area (Å²) in [5.41, 5.74) is 2.17. The zero-order valence-corrected chi connectivity index (χ0v) is 11.9. The van der Waals surface area contributed by atoms with E-state index in [-0.39, 0.29) is 0 Å².